The van der Waals surface area contributed by atoms with E-state index in [1.165, 1.54) is 0 Å². The Labute approximate surface area is 132 Å². The van der Waals surface area contributed by atoms with Crippen LogP contribution in [0.25, 0.3) is 32.3 Å². The van der Waals surface area contributed by atoms with E-state index in [0.29, 0.717) is 22.9 Å². The van der Waals surface area contributed by atoms with E-state index in [1.54, 1.807) is 13.0 Å². The fourth-order valence-electron chi connectivity index (χ4n) is 3.27. The summed E-state index contributed by atoms with van der Waals surface area (Å²) in [5.41, 5.74) is 0.412. The molecule has 0 bridgehead atoms. The van der Waals surface area contributed by atoms with E-state index in [2.05, 4.69) is 0 Å². The van der Waals surface area contributed by atoms with Crippen LogP contribution in [0.3, 0.4) is 0 Å². The lowest BCUT2D eigenvalue weighted by molar-refractivity contribution is 0.0529. The molecule has 0 saturated carbocycles. The third kappa shape index (κ3) is 1.90. The van der Waals surface area contributed by atoms with Crippen LogP contribution >= 0.6 is 0 Å². The Kier molecular flexibility index (Phi) is 3.01. The summed E-state index contributed by atoms with van der Waals surface area (Å²) in [6.07, 6.45) is 0. The van der Waals surface area contributed by atoms with Gasteiger partial charge in [-0.25, -0.2) is 4.79 Å². The summed E-state index contributed by atoms with van der Waals surface area (Å²) >= 11 is 0. The largest absolute Gasteiger partial charge is 0.462 e. The smallest absolute Gasteiger partial charge is 0.338 e. The number of esters is 1. The van der Waals surface area contributed by atoms with E-state index in [-0.39, 0.29) is 11.4 Å². The summed E-state index contributed by atoms with van der Waals surface area (Å²) in [6.45, 7) is 2.08. The number of carbonyl (C=O) groups excluding carboxylic acids is 1. The van der Waals surface area contributed by atoms with Crippen molar-refractivity contribution in [1.29, 1.82) is 0 Å². The average molecular weight is 302 g/mol. The zero-order valence-electron chi connectivity index (χ0n) is 12.6. The first-order valence-corrected chi connectivity index (χ1v) is 7.59. The highest BCUT2D eigenvalue weighted by Gasteiger charge is 2.19. The summed E-state index contributed by atoms with van der Waals surface area (Å²) < 4.78 is 5.15. The highest BCUT2D eigenvalue weighted by molar-refractivity contribution is 6.26. The van der Waals surface area contributed by atoms with Crippen LogP contribution in [0, 0.1) is 0 Å². The van der Waals surface area contributed by atoms with Gasteiger partial charge in [0.15, 0.2) is 5.43 Å². The third-order valence-electron chi connectivity index (χ3n) is 4.23. The first kappa shape index (κ1) is 13.7. The lowest BCUT2D eigenvalue weighted by Crippen LogP contribution is -2.03. The molecule has 0 aliphatic rings. The van der Waals surface area contributed by atoms with Crippen LogP contribution in [0.2, 0.25) is 0 Å². The number of ether oxygens (including phenoxy) is 1. The van der Waals surface area contributed by atoms with Crippen molar-refractivity contribution < 1.29 is 9.53 Å². The number of carbonyl (C=O) groups is 1. The molecule has 3 nitrogen and oxygen atoms in total. The standard InChI is InChI=1S/C20H14O3/c1-2-23-20(22)16-11-17-18-13(8-4-5-9-14(16)18)12-7-3-6-10-15(12)19(17)21/h3-11H,2H2,1H3. The van der Waals surface area contributed by atoms with E-state index >= 15 is 0 Å². The zero-order valence-corrected chi connectivity index (χ0v) is 12.6. The molecule has 0 amide bonds. The van der Waals surface area contributed by atoms with Crippen LogP contribution in [0.4, 0.5) is 0 Å². The first-order chi connectivity index (χ1) is 11.2. The summed E-state index contributed by atoms with van der Waals surface area (Å²) in [4.78, 5) is 25.1. The highest BCUT2D eigenvalue weighted by Crippen LogP contribution is 2.33. The predicted octanol–water partition coefficient (Wildman–Crippen LogP) is 4.12. The van der Waals surface area contributed by atoms with Crippen molar-refractivity contribution in [1.82, 2.24) is 0 Å². The van der Waals surface area contributed by atoms with Gasteiger partial charge in [0.1, 0.15) is 0 Å². The fraction of sp³-hybridized carbons (Fsp3) is 0.100. The van der Waals surface area contributed by atoms with Crippen molar-refractivity contribution in [2.45, 2.75) is 6.92 Å². The van der Waals surface area contributed by atoms with Gasteiger partial charge in [-0.15, -0.1) is 0 Å². The lowest BCUT2D eigenvalue weighted by atomic mass is 10.0. The molecule has 0 N–H and O–H groups in total. The van der Waals surface area contributed by atoms with Crippen LogP contribution in [0.1, 0.15) is 17.3 Å². The Balaban J connectivity index is 2.28. The Bertz CT molecular complexity index is 1110. The molecule has 0 unspecified atom stereocenters. The Morgan fingerprint density at radius 2 is 1.48 bits per heavy atom. The molecule has 23 heavy (non-hydrogen) atoms. The van der Waals surface area contributed by atoms with Crippen molar-refractivity contribution in [2.75, 3.05) is 6.61 Å². The lowest BCUT2D eigenvalue weighted by Gasteiger charge is -2.02. The van der Waals surface area contributed by atoms with Gasteiger partial charge < -0.3 is 4.74 Å². The molecular weight excluding hydrogens is 288 g/mol. The maximum absolute atomic E-state index is 12.8. The normalized spacial score (nSPS) is 11.3. The van der Waals surface area contributed by atoms with Crippen molar-refractivity contribution >= 4 is 38.3 Å². The summed E-state index contributed by atoms with van der Waals surface area (Å²) in [5, 5.41) is 4.74. The van der Waals surface area contributed by atoms with E-state index in [9.17, 15) is 9.59 Å². The zero-order chi connectivity index (χ0) is 16.0. The topological polar surface area (TPSA) is 43.4 Å². The van der Waals surface area contributed by atoms with Crippen LogP contribution in [-0.2, 0) is 4.74 Å². The van der Waals surface area contributed by atoms with Crippen LogP contribution in [0.15, 0.2) is 59.4 Å². The van der Waals surface area contributed by atoms with Gasteiger partial charge in [0, 0.05) is 16.2 Å². The minimum Gasteiger partial charge on any atom is -0.462 e. The Morgan fingerprint density at radius 1 is 0.870 bits per heavy atom. The molecule has 0 fully saturated rings. The average Bonchev–Trinajstić information content (AvgIpc) is 2.80. The fourth-order valence-corrected chi connectivity index (χ4v) is 3.27. The van der Waals surface area contributed by atoms with E-state index in [1.807, 2.05) is 48.5 Å². The minimum atomic E-state index is -0.389. The second-order valence-corrected chi connectivity index (χ2v) is 5.49. The van der Waals surface area contributed by atoms with Gasteiger partial charge >= 0.3 is 5.97 Å². The van der Waals surface area contributed by atoms with Crippen molar-refractivity contribution in [3.8, 4) is 0 Å². The number of rotatable bonds is 2. The molecule has 0 saturated heterocycles. The van der Waals surface area contributed by atoms with Crippen molar-refractivity contribution in [2.24, 2.45) is 0 Å². The van der Waals surface area contributed by atoms with Gasteiger partial charge in [0.05, 0.1) is 12.2 Å². The SMILES string of the molecule is CCOC(=O)c1cc2c(=O)c3ccccc3c3ccccc1c23. The predicted molar refractivity (Wildman–Crippen MR) is 92.4 cm³/mol. The molecule has 0 radical (unpaired) electrons. The second kappa shape index (κ2) is 5.06. The quantitative estimate of drug-likeness (QED) is 0.523. The summed E-state index contributed by atoms with van der Waals surface area (Å²) in [5.74, 6) is -0.389. The van der Waals surface area contributed by atoms with Gasteiger partial charge in [-0.05, 0) is 29.1 Å². The minimum absolute atomic E-state index is 0.0418. The Morgan fingerprint density at radius 3 is 2.17 bits per heavy atom. The van der Waals surface area contributed by atoms with Crippen molar-refractivity contribution in [3.63, 3.8) is 0 Å². The summed E-state index contributed by atoms with van der Waals surface area (Å²) in [6, 6.07) is 16.9. The number of hydrogen-bond acceptors (Lipinski definition) is 3. The maximum Gasteiger partial charge on any atom is 0.338 e. The highest BCUT2D eigenvalue weighted by atomic mass is 16.5. The second-order valence-electron chi connectivity index (χ2n) is 5.49. The molecule has 0 spiro atoms. The Hall–Kier alpha value is -2.94. The molecule has 0 aromatic heterocycles. The molecule has 4 aromatic carbocycles. The van der Waals surface area contributed by atoms with Gasteiger partial charge in [0.2, 0.25) is 0 Å². The monoisotopic (exact) mass is 302 g/mol. The van der Waals surface area contributed by atoms with E-state index in [4.69, 9.17) is 4.74 Å². The molecule has 112 valence electrons. The van der Waals surface area contributed by atoms with Gasteiger partial charge in [0.25, 0.3) is 0 Å². The van der Waals surface area contributed by atoms with Gasteiger partial charge in [-0.1, -0.05) is 48.5 Å². The molecule has 0 atom stereocenters. The molecule has 3 heteroatoms. The number of benzene rings is 2. The third-order valence-corrected chi connectivity index (χ3v) is 4.23. The number of hydrogen-bond donors (Lipinski definition) is 0. The molecule has 0 heterocycles. The van der Waals surface area contributed by atoms with Crippen LogP contribution in [-0.4, -0.2) is 12.6 Å². The molecule has 4 aromatic rings. The van der Waals surface area contributed by atoms with Gasteiger partial charge in [-0.3, -0.25) is 4.79 Å². The molecule has 0 aliphatic heterocycles. The molecular formula is C20H14O3. The van der Waals surface area contributed by atoms with E-state index in [0.717, 1.165) is 21.5 Å². The van der Waals surface area contributed by atoms with Crippen LogP contribution in [0.5, 0.6) is 0 Å². The maximum atomic E-state index is 12.8. The van der Waals surface area contributed by atoms with Crippen LogP contribution < -0.4 is 5.43 Å². The van der Waals surface area contributed by atoms with Gasteiger partial charge in [-0.2, -0.15) is 0 Å². The van der Waals surface area contributed by atoms with Crippen molar-refractivity contribution in [3.05, 3.63) is 70.4 Å². The molecule has 0 aliphatic carbocycles. The molecule has 4 rings (SSSR count). The number of fused-ring (bicyclic) bond motifs is 2. The van der Waals surface area contributed by atoms with E-state index < -0.39 is 0 Å². The summed E-state index contributed by atoms with van der Waals surface area (Å²) in [7, 11) is 0. The first-order valence-electron chi connectivity index (χ1n) is 7.59.